The zero-order valence-electron chi connectivity index (χ0n) is 24.7. The molecule has 10 nitrogen and oxygen atoms in total. The minimum absolute atomic E-state index is 0.0280. The monoisotopic (exact) mass is 709 g/mol. The lowest BCUT2D eigenvalue weighted by Gasteiger charge is -2.46. The quantitative estimate of drug-likeness (QED) is 0.295. The van der Waals surface area contributed by atoms with Gasteiger partial charge in [-0.3, -0.25) is 4.90 Å². The number of carbonyl (C=O) groups is 1. The number of anilines is 1. The third kappa shape index (κ3) is 7.92. The van der Waals surface area contributed by atoms with Crippen molar-refractivity contribution < 1.29 is 35.9 Å². The van der Waals surface area contributed by atoms with Gasteiger partial charge in [-0.15, -0.1) is 0 Å². The van der Waals surface area contributed by atoms with Crippen molar-refractivity contribution in [2.45, 2.75) is 50.9 Å². The van der Waals surface area contributed by atoms with Crippen molar-refractivity contribution >= 4 is 37.5 Å². The van der Waals surface area contributed by atoms with E-state index in [1.807, 2.05) is 0 Å². The molecule has 1 amide bonds. The van der Waals surface area contributed by atoms with Gasteiger partial charge in [0.1, 0.15) is 18.1 Å². The first-order valence-electron chi connectivity index (χ1n) is 13.9. The Morgan fingerprint density at radius 2 is 1.98 bits per heavy atom. The molecule has 45 heavy (non-hydrogen) atoms. The van der Waals surface area contributed by atoms with Gasteiger partial charge in [-0.2, -0.15) is 18.4 Å². The summed E-state index contributed by atoms with van der Waals surface area (Å²) >= 11 is 3.39. The van der Waals surface area contributed by atoms with E-state index in [1.165, 1.54) is 17.2 Å². The fourth-order valence-electron chi connectivity index (χ4n) is 5.16. The first kappa shape index (κ1) is 34.1. The zero-order chi connectivity index (χ0) is 33.2. The van der Waals surface area contributed by atoms with Gasteiger partial charge in [0.05, 0.1) is 47.1 Å². The first-order valence-corrected chi connectivity index (χ1v) is 16.8. The molecule has 0 bridgehead atoms. The van der Waals surface area contributed by atoms with Crippen molar-refractivity contribution in [3.63, 3.8) is 0 Å². The number of fused-ring (bicyclic) bond motifs is 1. The molecule has 0 fully saturated rings. The van der Waals surface area contributed by atoms with Crippen LogP contribution in [0.5, 0.6) is 5.75 Å². The number of ether oxygens (including phenoxy) is 2. The Morgan fingerprint density at radius 3 is 2.60 bits per heavy atom. The number of amides is 1. The molecular weight excluding hydrogens is 679 g/mol. The van der Waals surface area contributed by atoms with Crippen LogP contribution >= 0.6 is 15.9 Å². The third-order valence-corrected chi connectivity index (χ3v) is 8.73. The molecule has 0 radical (unpaired) electrons. The first-order chi connectivity index (χ1) is 21.1. The number of hydrogen-bond donors (Lipinski definition) is 1. The summed E-state index contributed by atoms with van der Waals surface area (Å²) in [6.45, 7) is 3.21. The lowest BCUT2D eigenvalue weighted by molar-refractivity contribution is -0.137. The number of nitrogens with two attached hydrogens (primary N) is 1. The largest absolute Gasteiger partial charge is 0.489 e. The third-order valence-electron chi connectivity index (χ3n) is 7.37. The summed E-state index contributed by atoms with van der Waals surface area (Å²) in [6, 6.07) is 10.2. The smallest absolute Gasteiger partial charge is 0.416 e. The van der Waals surface area contributed by atoms with Crippen LogP contribution in [0.3, 0.4) is 0 Å². The molecule has 2 N–H and O–H groups in total. The number of benzene rings is 2. The molecule has 4 rings (SSSR count). The van der Waals surface area contributed by atoms with Gasteiger partial charge in [-0.05, 0) is 67.3 Å². The van der Waals surface area contributed by atoms with Crippen molar-refractivity contribution in [2.24, 2.45) is 5.73 Å². The normalized spacial score (nSPS) is 18.2. The van der Waals surface area contributed by atoms with E-state index in [1.54, 1.807) is 32.0 Å². The minimum Gasteiger partial charge on any atom is -0.489 e. The Hall–Kier alpha value is -3.74. The number of carbonyl (C=O) groups excluding carboxylic acids is 1. The summed E-state index contributed by atoms with van der Waals surface area (Å²) < 4.78 is 76.7. The van der Waals surface area contributed by atoms with Crippen LogP contribution in [0.25, 0.3) is 0 Å². The molecule has 1 aliphatic heterocycles. The van der Waals surface area contributed by atoms with Crippen LogP contribution in [0.4, 0.5) is 23.7 Å². The van der Waals surface area contributed by atoms with Gasteiger partial charge in [0.15, 0.2) is 15.6 Å². The standard InChI is InChI=1S/C30H31BrF3N5O5S/c1-4-29(36)15-23(22-14-20(30(32,33)34)6-7-25(22)39(29)28(40)43-5-2)27-37-17-26(44-8-9-45(3,41)42)24(38-27)13-18-10-19(16-35)12-21(31)11-18/h6-7,10-12,14,17,23H,4-5,8-9,13,15,36H2,1-3H3/t23-,29+/m0/s1. The Labute approximate surface area is 267 Å². The van der Waals surface area contributed by atoms with Gasteiger partial charge < -0.3 is 15.2 Å². The Balaban J connectivity index is 1.88. The number of hydrogen-bond acceptors (Lipinski definition) is 9. The molecule has 2 aromatic carbocycles. The van der Waals surface area contributed by atoms with Gasteiger partial charge >= 0.3 is 12.3 Å². The number of rotatable bonds is 9. The second-order valence-electron chi connectivity index (χ2n) is 10.7. The predicted molar refractivity (Wildman–Crippen MR) is 164 cm³/mol. The summed E-state index contributed by atoms with van der Waals surface area (Å²) in [6.07, 6.45) is -2.71. The number of nitrogens with zero attached hydrogens (tertiary/aromatic N) is 4. The van der Waals surface area contributed by atoms with Crippen LogP contribution in [-0.4, -0.2) is 55.4 Å². The Morgan fingerprint density at radius 1 is 1.24 bits per heavy atom. The zero-order valence-corrected chi connectivity index (χ0v) is 27.1. The van der Waals surface area contributed by atoms with E-state index in [4.69, 9.17) is 20.2 Å². The van der Waals surface area contributed by atoms with Crippen molar-refractivity contribution in [2.75, 3.05) is 30.1 Å². The fourth-order valence-corrected chi connectivity index (χ4v) is 6.09. The number of alkyl halides is 3. The van der Waals surface area contributed by atoms with Crippen LogP contribution in [0.15, 0.2) is 47.1 Å². The number of nitriles is 1. The highest BCUT2D eigenvalue weighted by atomic mass is 79.9. The highest BCUT2D eigenvalue weighted by Gasteiger charge is 2.47. The van der Waals surface area contributed by atoms with E-state index < -0.39 is 39.3 Å². The number of halogens is 4. The summed E-state index contributed by atoms with van der Waals surface area (Å²) in [5.41, 5.74) is 6.14. The molecule has 0 spiro atoms. The van der Waals surface area contributed by atoms with Gasteiger partial charge in [0, 0.05) is 23.1 Å². The van der Waals surface area contributed by atoms with Crippen molar-refractivity contribution in [3.05, 3.63) is 80.8 Å². The molecule has 2 heterocycles. The summed E-state index contributed by atoms with van der Waals surface area (Å²) in [5, 5.41) is 9.45. The number of aromatic nitrogens is 2. The molecule has 0 saturated heterocycles. The average Bonchev–Trinajstić information content (AvgIpc) is 2.95. The Bertz CT molecular complexity index is 1750. The van der Waals surface area contributed by atoms with Gasteiger partial charge in [-0.1, -0.05) is 22.9 Å². The molecule has 15 heteroatoms. The maximum atomic E-state index is 13.9. The second-order valence-corrected chi connectivity index (χ2v) is 13.8. The van der Waals surface area contributed by atoms with Crippen LogP contribution in [-0.2, 0) is 27.2 Å². The molecule has 1 aliphatic rings. The predicted octanol–water partition coefficient (Wildman–Crippen LogP) is 5.71. The molecule has 0 unspecified atom stereocenters. The summed E-state index contributed by atoms with van der Waals surface area (Å²) in [5.74, 6) is -0.846. The van der Waals surface area contributed by atoms with Gasteiger partial charge in [0.2, 0.25) is 0 Å². The van der Waals surface area contributed by atoms with E-state index in [0.29, 0.717) is 21.3 Å². The SMILES string of the molecule is CCOC(=O)N1c2ccc(C(F)(F)F)cc2[C@@H](c2ncc(OCCS(C)(=O)=O)c(Cc3cc(Br)cc(C#N)c3)n2)C[C@@]1(N)CC. The lowest BCUT2D eigenvalue weighted by atomic mass is 9.80. The van der Waals surface area contributed by atoms with Crippen LogP contribution in [0.2, 0.25) is 0 Å². The van der Waals surface area contributed by atoms with Crippen LogP contribution in [0.1, 0.15) is 66.4 Å². The molecule has 1 aromatic heterocycles. The maximum Gasteiger partial charge on any atom is 0.416 e. The van der Waals surface area contributed by atoms with Crippen LogP contribution < -0.4 is 15.4 Å². The lowest BCUT2D eigenvalue weighted by Crippen LogP contribution is -2.61. The topological polar surface area (TPSA) is 148 Å². The van der Waals surface area contributed by atoms with Gasteiger partial charge in [-0.25, -0.2) is 23.2 Å². The van der Waals surface area contributed by atoms with E-state index in [-0.39, 0.29) is 61.1 Å². The van der Waals surface area contributed by atoms with E-state index in [9.17, 15) is 31.6 Å². The Kier molecular flexibility index (Phi) is 10.1. The minimum atomic E-state index is -4.67. The van der Waals surface area contributed by atoms with Crippen molar-refractivity contribution in [1.29, 1.82) is 5.26 Å². The molecule has 2 atom stereocenters. The second kappa shape index (κ2) is 13.3. The summed E-state index contributed by atoms with van der Waals surface area (Å²) in [4.78, 5) is 23.5. The molecule has 240 valence electrons. The van der Waals surface area contributed by atoms with E-state index in [0.717, 1.165) is 18.4 Å². The molecule has 3 aromatic rings. The van der Waals surface area contributed by atoms with Crippen molar-refractivity contribution in [1.82, 2.24) is 9.97 Å². The maximum absolute atomic E-state index is 13.9. The highest BCUT2D eigenvalue weighted by Crippen LogP contribution is 2.47. The van der Waals surface area contributed by atoms with E-state index >= 15 is 0 Å². The number of sulfone groups is 1. The van der Waals surface area contributed by atoms with Crippen molar-refractivity contribution in [3.8, 4) is 11.8 Å². The highest BCUT2D eigenvalue weighted by molar-refractivity contribution is 9.10. The molecule has 0 saturated carbocycles. The van der Waals surface area contributed by atoms with Crippen LogP contribution in [0, 0.1) is 11.3 Å². The van der Waals surface area contributed by atoms with Gasteiger partial charge in [0.25, 0.3) is 0 Å². The average molecular weight is 711 g/mol. The summed E-state index contributed by atoms with van der Waals surface area (Å²) in [7, 11) is -3.34. The molecule has 0 aliphatic carbocycles. The fraction of sp³-hybridized carbons (Fsp3) is 0.400. The molecular formula is C30H31BrF3N5O5S. The van der Waals surface area contributed by atoms with E-state index in [2.05, 4.69) is 27.0 Å².